The van der Waals surface area contributed by atoms with Crippen molar-refractivity contribution in [1.82, 2.24) is 5.32 Å². The summed E-state index contributed by atoms with van der Waals surface area (Å²) < 4.78 is 0. The van der Waals surface area contributed by atoms with Gasteiger partial charge in [-0.2, -0.15) is 0 Å². The van der Waals surface area contributed by atoms with Gasteiger partial charge in [-0.1, -0.05) is 26.7 Å². The topological polar surface area (TPSA) is 12.0 Å². The smallest absolute Gasteiger partial charge is 0.00106 e. The van der Waals surface area contributed by atoms with Crippen LogP contribution in [0.2, 0.25) is 0 Å². The summed E-state index contributed by atoms with van der Waals surface area (Å²) >= 11 is 0. The lowest BCUT2D eigenvalue weighted by Crippen LogP contribution is -2.37. The van der Waals surface area contributed by atoms with Crippen LogP contribution in [-0.2, 0) is 0 Å². The molecule has 1 aliphatic carbocycles. The van der Waals surface area contributed by atoms with Crippen LogP contribution in [0, 0.1) is 17.3 Å². The van der Waals surface area contributed by atoms with Gasteiger partial charge in [0.15, 0.2) is 0 Å². The largest absolute Gasteiger partial charge is 0.316 e. The van der Waals surface area contributed by atoms with Crippen molar-refractivity contribution in [1.29, 1.82) is 0 Å². The second-order valence-corrected chi connectivity index (χ2v) is 5.74. The molecule has 1 saturated heterocycles. The Balaban J connectivity index is 2.10. The van der Waals surface area contributed by atoms with Crippen molar-refractivity contribution >= 4 is 0 Å². The van der Waals surface area contributed by atoms with E-state index in [0.717, 1.165) is 11.8 Å². The Hall–Kier alpha value is -0.0400. The molecule has 14 heavy (non-hydrogen) atoms. The van der Waals surface area contributed by atoms with Gasteiger partial charge >= 0.3 is 0 Å². The van der Waals surface area contributed by atoms with Gasteiger partial charge in [0, 0.05) is 6.54 Å². The molecule has 1 saturated carbocycles. The molecule has 2 atom stereocenters. The molecular formula is C13H25N. The molecule has 1 nitrogen and oxygen atoms in total. The minimum absolute atomic E-state index is 0.685. The fourth-order valence-corrected chi connectivity index (χ4v) is 3.89. The highest BCUT2D eigenvalue weighted by atomic mass is 14.9. The van der Waals surface area contributed by atoms with Crippen molar-refractivity contribution < 1.29 is 0 Å². The van der Waals surface area contributed by atoms with Crippen LogP contribution in [0.25, 0.3) is 0 Å². The molecular weight excluding hydrogens is 170 g/mol. The third kappa shape index (κ3) is 1.84. The monoisotopic (exact) mass is 195 g/mol. The Kier molecular flexibility index (Phi) is 3.16. The van der Waals surface area contributed by atoms with Gasteiger partial charge in [-0.15, -0.1) is 0 Å². The van der Waals surface area contributed by atoms with E-state index in [1.165, 1.54) is 51.6 Å². The van der Waals surface area contributed by atoms with Crippen LogP contribution in [0.1, 0.15) is 52.4 Å². The molecule has 0 aromatic heterocycles. The molecule has 2 fully saturated rings. The Morgan fingerprint density at radius 3 is 2.71 bits per heavy atom. The molecule has 1 unspecified atom stereocenters. The van der Waals surface area contributed by atoms with Crippen molar-refractivity contribution in [3.63, 3.8) is 0 Å². The van der Waals surface area contributed by atoms with Crippen molar-refractivity contribution in [2.45, 2.75) is 52.4 Å². The summed E-state index contributed by atoms with van der Waals surface area (Å²) in [6.45, 7) is 7.40. The number of rotatable bonds is 1. The van der Waals surface area contributed by atoms with Gasteiger partial charge < -0.3 is 5.32 Å². The van der Waals surface area contributed by atoms with Crippen LogP contribution in [0.4, 0.5) is 0 Å². The summed E-state index contributed by atoms with van der Waals surface area (Å²) in [5.74, 6) is 1.88. The Morgan fingerprint density at radius 1 is 1.14 bits per heavy atom. The second kappa shape index (κ2) is 4.22. The van der Waals surface area contributed by atoms with Crippen LogP contribution in [0.5, 0.6) is 0 Å². The molecule has 2 rings (SSSR count). The number of hydrogen-bond donors (Lipinski definition) is 1. The lowest BCUT2D eigenvalue weighted by Gasteiger charge is -2.37. The normalized spacial score (nSPS) is 39.2. The second-order valence-electron chi connectivity index (χ2n) is 5.74. The van der Waals surface area contributed by atoms with Crippen LogP contribution in [-0.4, -0.2) is 13.1 Å². The van der Waals surface area contributed by atoms with E-state index in [9.17, 15) is 0 Å². The Labute approximate surface area is 88.7 Å². The summed E-state index contributed by atoms with van der Waals surface area (Å²) in [6.07, 6.45) is 8.79. The van der Waals surface area contributed by atoms with Gasteiger partial charge in [0.05, 0.1) is 0 Å². The van der Waals surface area contributed by atoms with Gasteiger partial charge in [0.2, 0.25) is 0 Å². The molecule has 1 aliphatic heterocycles. The van der Waals surface area contributed by atoms with Gasteiger partial charge in [-0.05, 0) is 49.5 Å². The van der Waals surface area contributed by atoms with E-state index in [0.29, 0.717) is 5.41 Å². The Morgan fingerprint density at radius 2 is 1.93 bits per heavy atom. The van der Waals surface area contributed by atoms with E-state index in [2.05, 4.69) is 19.2 Å². The van der Waals surface area contributed by atoms with Crippen molar-refractivity contribution in [3.05, 3.63) is 0 Å². The first-order chi connectivity index (χ1) is 6.75. The summed E-state index contributed by atoms with van der Waals surface area (Å²) in [7, 11) is 0. The van der Waals surface area contributed by atoms with Gasteiger partial charge in [-0.3, -0.25) is 0 Å². The van der Waals surface area contributed by atoms with Crippen LogP contribution in [0.15, 0.2) is 0 Å². The van der Waals surface area contributed by atoms with Crippen LogP contribution in [0.3, 0.4) is 0 Å². The lowest BCUT2D eigenvalue weighted by atomic mass is 9.70. The standard InChI is InChI=1S/C13H25N/c1-11(2)12-6-5-8-13(12)7-3-4-9-14-10-13/h11-12,14H,3-10H2,1-2H3/t12?,13-/m0/s1. The molecule has 0 aromatic carbocycles. The maximum atomic E-state index is 3.66. The SMILES string of the molecule is CC(C)C1CCC[C@]12CCCCNC2. The summed E-state index contributed by atoms with van der Waals surface area (Å²) in [6, 6.07) is 0. The summed E-state index contributed by atoms with van der Waals surface area (Å²) in [5.41, 5.74) is 0.685. The summed E-state index contributed by atoms with van der Waals surface area (Å²) in [4.78, 5) is 0. The minimum Gasteiger partial charge on any atom is -0.316 e. The highest BCUT2D eigenvalue weighted by Gasteiger charge is 2.43. The van der Waals surface area contributed by atoms with E-state index < -0.39 is 0 Å². The average Bonchev–Trinajstić information content (AvgIpc) is 2.39. The third-order valence-electron chi connectivity index (χ3n) is 4.54. The van der Waals surface area contributed by atoms with E-state index in [-0.39, 0.29) is 0 Å². The molecule has 1 spiro atoms. The minimum atomic E-state index is 0.685. The molecule has 1 N–H and O–H groups in total. The molecule has 2 aliphatic rings. The predicted molar refractivity (Wildman–Crippen MR) is 61.3 cm³/mol. The highest BCUT2D eigenvalue weighted by Crippen LogP contribution is 2.50. The van der Waals surface area contributed by atoms with Crippen LogP contribution >= 0.6 is 0 Å². The maximum Gasteiger partial charge on any atom is 0.00106 e. The lowest BCUT2D eigenvalue weighted by molar-refractivity contribution is 0.140. The van der Waals surface area contributed by atoms with Gasteiger partial charge in [0.1, 0.15) is 0 Å². The Bertz CT molecular complexity index is 178. The van der Waals surface area contributed by atoms with Crippen molar-refractivity contribution in [2.24, 2.45) is 17.3 Å². The first kappa shape index (κ1) is 10.5. The quantitative estimate of drug-likeness (QED) is 0.677. The zero-order chi connectivity index (χ0) is 10.0. The van der Waals surface area contributed by atoms with Crippen LogP contribution < -0.4 is 5.32 Å². The molecule has 1 heterocycles. The molecule has 0 aromatic rings. The highest BCUT2D eigenvalue weighted by molar-refractivity contribution is 4.95. The fraction of sp³-hybridized carbons (Fsp3) is 1.00. The maximum absolute atomic E-state index is 3.66. The number of hydrogen-bond acceptors (Lipinski definition) is 1. The molecule has 0 amide bonds. The van der Waals surface area contributed by atoms with Crippen molar-refractivity contribution in [3.8, 4) is 0 Å². The molecule has 0 radical (unpaired) electrons. The van der Waals surface area contributed by atoms with Gasteiger partial charge in [-0.25, -0.2) is 0 Å². The number of nitrogens with one attached hydrogen (secondary N) is 1. The van der Waals surface area contributed by atoms with E-state index in [1.54, 1.807) is 0 Å². The van der Waals surface area contributed by atoms with E-state index in [4.69, 9.17) is 0 Å². The molecule has 1 heteroatoms. The predicted octanol–water partition coefficient (Wildman–Crippen LogP) is 3.20. The van der Waals surface area contributed by atoms with Gasteiger partial charge in [0.25, 0.3) is 0 Å². The summed E-state index contributed by atoms with van der Waals surface area (Å²) in [5, 5.41) is 3.66. The third-order valence-corrected chi connectivity index (χ3v) is 4.54. The van der Waals surface area contributed by atoms with E-state index in [1.807, 2.05) is 0 Å². The molecule has 0 bridgehead atoms. The zero-order valence-corrected chi connectivity index (χ0v) is 9.81. The van der Waals surface area contributed by atoms with E-state index >= 15 is 0 Å². The average molecular weight is 195 g/mol. The first-order valence-electron chi connectivity index (χ1n) is 6.45. The first-order valence-corrected chi connectivity index (χ1v) is 6.45. The zero-order valence-electron chi connectivity index (χ0n) is 9.81. The van der Waals surface area contributed by atoms with Crippen molar-refractivity contribution in [2.75, 3.05) is 13.1 Å². The fourth-order valence-electron chi connectivity index (χ4n) is 3.89. The molecule has 82 valence electrons.